The monoisotopic (exact) mass is 365 g/mol. The molecule has 2 amide bonds. The van der Waals surface area contributed by atoms with E-state index in [1.165, 1.54) is 0 Å². The molecule has 1 fully saturated rings. The molecule has 1 unspecified atom stereocenters. The van der Waals surface area contributed by atoms with Crippen LogP contribution in [0.5, 0.6) is 0 Å². The minimum absolute atomic E-state index is 0.108. The highest BCUT2D eigenvalue weighted by Crippen LogP contribution is 2.17. The molecule has 2 aromatic carbocycles. The van der Waals surface area contributed by atoms with Gasteiger partial charge in [-0.1, -0.05) is 42.5 Å². The molecule has 2 aromatic rings. The van der Waals surface area contributed by atoms with E-state index in [4.69, 9.17) is 5.73 Å². The Kier molecular flexibility index (Phi) is 6.60. The molecule has 0 spiro atoms. The lowest BCUT2D eigenvalue weighted by molar-refractivity contribution is -0.130. The first-order valence-corrected chi connectivity index (χ1v) is 9.59. The van der Waals surface area contributed by atoms with Crippen molar-refractivity contribution >= 4 is 17.5 Å². The van der Waals surface area contributed by atoms with E-state index in [9.17, 15) is 9.59 Å². The minimum Gasteiger partial charge on any atom is -0.343 e. The Labute approximate surface area is 160 Å². The molecule has 3 rings (SSSR count). The van der Waals surface area contributed by atoms with Crippen LogP contribution in [-0.4, -0.2) is 29.8 Å². The maximum Gasteiger partial charge on any atom is 0.226 e. The summed E-state index contributed by atoms with van der Waals surface area (Å²) in [5.74, 6) is 0.128. The zero-order chi connectivity index (χ0) is 19.1. The number of anilines is 1. The second kappa shape index (κ2) is 9.33. The molecule has 0 aliphatic carbocycles. The van der Waals surface area contributed by atoms with Crippen LogP contribution in [0, 0.1) is 0 Å². The van der Waals surface area contributed by atoms with Crippen LogP contribution in [0.25, 0.3) is 0 Å². The molecule has 1 aliphatic heterocycles. The number of hydrogen-bond donors (Lipinski definition) is 2. The van der Waals surface area contributed by atoms with Crippen LogP contribution in [0.15, 0.2) is 54.6 Å². The first-order chi connectivity index (χ1) is 13.1. The number of benzene rings is 2. The first-order valence-electron chi connectivity index (χ1n) is 9.59. The smallest absolute Gasteiger partial charge is 0.226 e. The summed E-state index contributed by atoms with van der Waals surface area (Å²) >= 11 is 0. The summed E-state index contributed by atoms with van der Waals surface area (Å²) in [5, 5.41) is 2.89. The van der Waals surface area contributed by atoms with Gasteiger partial charge in [0.15, 0.2) is 0 Å². The molecule has 0 radical (unpaired) electrons. The zero-order valence-electron chi connectivity index (χ0n) is 15.6. The Hall–Kier alpha value is -2.66. The number of hydrogen-bond acceptors (Lipinski definition) is 3. The maximum atomic E-state index is 12.2. The fraction of sp³-hybridized carbons (Fsp3) is 0.364. The van der Waals surface area contributed by atoms with Crippen LogP contribution in [-0.2, 0) is 16.0 Å². The Morgan fingerprint density at radius 2 is 1.67 bits per heavy atom. The molecule has 0 bridgehead atoms. The van der Waals surface area contributed by atoms with Crippen molar-refractivity contribution in [2.75, 3.05) is 18.4 Å². The van der Waals surface area contributed by atoms with E-state index in [1.54, 1.807) is 0 Å². The number of nitrogens with two attached hydrogens (primary N) is 1. The lowest BCUT2D eigenvalue weighted by Crippen LogP contribution is -2.27. The van der Waals surface area contributed by atoms with Crippen LogP contribution < -0.4 is 11.1 Å². The van der Waals surface area contributed by atoms with Crippen LogP contribution in [0.4, 0.5) is 5.69 Å². The van der Waals surface area contributed by atoms with Crippen LogP contribution >= 0.6 is 0 Å². The van der Waals surface area contributed by atoms with Crippen molar-refractivity contribution in [3.63, 3.8) is 0 Å². The quantitative estimate of drug-likeness (QED) is 0.791. The van der Waals surface area contributed by atoms with Crippen LogP contribution in [0.1, 0.15) is 42.9 Å². The Balaban J connectivity index is 1.45. The molecule has 1 heterocycles. The third-order valence-electron chi connectivity index (χ3n) is 4.96. The lowest BCUT2D eigenvalue weighted by atomic mass is 10.0. The average molecular weight is 365 g/mol. The molecule has 0 aromatic heterocycles. The highest BCUT2D eigenvalue weighted by molar-refractivity contribution is 5.91. The molecule has 3 N–H and O–H groups in total. The number of carbonyl (C=O) groups is 2. The Bertz CT molecular complexity index is 753. The second-order valence-corrected chi connectivity index (χ2v) is 7.05. The summed E-state index contributed by atoms with van der Waals surface area (Å²) in [6.45, 7) is 1.80. The third kappa shape index (κ3) is 5.66. The van der Waals surface area contributed by atoms with E-state index in [1.807, 2.05) is 59.5 Å². The summed E-state index contributed by atoms with van der Waals surface area (Å²) in [7, 11) is 0. The summed E-state index contributed by atoms with van der Waals surface area (Å²) in [6.07, 6.45) is 3.73. The fourth-order valence-corrected chi connectivity index (χ4v) is 3.36. The first kappa shape index (κ1) is 19.1. The molecular formula is C22H27N3O2. The maximum absolute atomic E-state index is 12.2. The minimum atomic E-state index is -0.318. The van der Waals surface area contributed by atoms with E-state index >= 15 is 0 Å². The van der Waals surface area contributed by atoms with E-state index in [2.05, 4.69) is 5.32 Å². The number of nitrogens with one attached hydrogen (secondary N) is 1. The van der Waals surface area contributed by atoms with Crippen molar-refractivity contribution < 1.29 is 9.59 Å². The average Bonchev–Trinajstić information content (AvgIpc) is 3.23. The van der Waals surface area contributed by atoms with E-state index in [-0.39, 0.29) is 24.3 Å². The predicted molar refractivity (Wildman–Crippen MR) is 107 cm³/mol. The number of nitrogens with zero attached hydrogens (tertiary/aromatic N) is 1. The van der Waals surface area contributed by atoms with Crippen molar-refractivity contribution in [1.29, 1.82) is 0 Å². The number of amides is 2. The van der Waals surface area contributed by atoms with Gasteiger partial charge in [0.05, 0.1) is 0 Å². The van der Waals surface area contributed by atoms with Crippen molar-refractivity contribution in [2.24, 2.45) is 5.73 Å². The summed E-state index contributed by atoms with van der Waals surface area (Å²) in [5.41, 5.74) is 8.89. The molecule has 5 nitrogen and oxygen atoms in total. The SMILES string of the molecule is NC(CC(=O)Nc1ccc(CCC(=O)N2CCCC2)cc1)c1ccccc1. The van der Waals surface area contributed by atoms with Gasteiger partial charge < -0.3 is 16.0 Å². The molecule has 27 heavy (non-hydrogen) atoms. The normalized spacial score (nSPS) is 14.8. The largest absolute Gasteiger partial charge is 0.343 e. The van der Waals surface area contributed by atoms with Crippen molar-refractivity contribution in [3.05, 3.63) is 65.7 Å². The van der Waals surface area contributed by atoms with E-state index in [0.717, 1.165) is 49.2 Å². The van der Waals surface area contributed by atoms with Gasteiger partial charge in [-0.05, 0) is 42.5 Å². The van der Waals surface area contributed by atoms with Crippen molar-refractivity contribution in [1.82, 2.24) is 4.90 Å². The van der Waals surface area contributed by atoms with Gasteiger partial charge in [0, 0.05) is 37.7 Å². The molecule has 1 saturated heterocycles. The lowest BCUT2D eigenvalue weighted by Gasteiger charge is -2.15. The molecule has 0 saturated carbocycles. The fourth-order valence-electron chi connectivity index (χ4n) is 3.36. The van der Waals surface area contributed by atoms with Gasteiger partial charge in [0.25, 0.3) is 0 Å². The molecule has 142 valence electrons. The van der Waals surface area contributed by atoms with Gasteiger partial charge >= 0.3 is 0 Å². The van der Waals surface area contributed by atoms with Gasteiger partial charge in [-0.2, -0.15) is 0 Å². The number of rotatable bonds is 7. The Morgan fingerprint density at radius 3 is 2.33 bits per heavy atom. The number of aryl methyl sites for hydroxylation is 1. The number of likely N-dealkylation sites (tertiary alicyclic amines) is 1. The topological polar surface area (TPSA) is 75.4 Å². The van der Waals surface area contributed by atoms with Gasteiger partial charge in [-0.25, -0.2) is 0 Å². The van der Waals surface area contributed by atoms with Gasteiger partial charge in [-0.15, -0.1) is 0 Å². The summed E-state index contributed by atoms with van der Waals surface area (Å²) in [6, 6.07) is 17.0. The summed E-state index contributed by atoms with van der Waals surface area (Å²) < 4.78 is 0. The van der Waals surface area contributed by atoms with Gasteiger partial charge in [0.1, 0.15) is 0 Å². The standard InChI is InChI=1S/C22H27N3O2/c23-20(18-6-2-1-3-7-18)16-21(26)24-19-11-8-17(9-12-19)10-13-22(27)25-14-4-5-15-25/h1-3,6-9,11-12,20H,4-5,10,13-16,23H2,(H,24,26). The predicted octanol–water partition coefficient (Wildman–Crippen LogP) is 3.27. The van der Waals surface area contributed by atoms with Crippen LogP contribution in [0.2, 0.25) is 0 Å². The molecule has 5 heteroatoms. The third-order valence-corrected chi connectivity index (χ3v) is 4.96. The summed E-state index contributed by atoms with van der Waals surface area (Å²) in [4.78, 5) is 26.3. The van der Waals surface area contributed by atoms with Crippen LogP contribution in [0.3, 0.4) is 0 Å². The van der Waals surface area contributed by atoms with Gasteiger partial charge in [0.2, 0.25) is 11.8 Å². The van der Waals surface area contributed by atoms with Crippen molar-refractivity contribution in [2.45, 2.75) is 38.1 Å². The van der Waals surface area contributed by atoms with Crippen molar-refractivity contribution in [3.8, 4) is 0 Å². The zero-order valence-corrected chi connectivity index (χ0v) is 15.6. The van der Waals surface area contributed by atoms with Gasteiger partial charge in [-0.3, -0.25) is 9.59 Å². The Morgan fingerprint density at radius 1 is 1.00 bits per heavy atom. The van der Waals surface area contributed by atoms with E-state index in [0.29, 0.717) is 6.42 Å². The molecule has 1 atom stereocenters. The van der Waals surface area contributed by atoms with E-state index < -0.39 is 0 Å². The second-order valence-electron chi connectivity index (χ2n) is 7.05. The molecule has 1 aliphatic rings. The highest BCUT2D eigenvalue weighted by atomic mass is 16.2. The number of carbonyl (C=O) groups excluding carboxylic acids is 2. The highest BCUT2D eigenvalue weighted by Gasteiger charge is 2.17. The molecular weight excluding hydrogens is 338 g/mol.